The predicted octanol–water partition coefficient (Wildman–Crippen LogP) is 2.99. The SMILES string of the molecule is Cc1cc(NCC2Cc3ccccc3O2)c(C#N)c(C)n1. The molecule has 0 saturated heterocycles. The van der Waals surface area contributed by atoms with E-state index in [1.165, 1.54) is 5.56 Å². The summed E-state index contributed by atoms with van der Waals surface area (Å²) in [5.41, 5.74) is 4.35. The second-order valence-electron chi connectivity index (χ2n) is 5.32. The molecule has 0 fully saturated rings. The molecule has 0 spiro atoms. The van der Waals surface area contributed by atoms with Crippen LogP contribution in [0, 0.1) is 25.2 Å². The predicted molar refractivity (Wildman–Crippen MR) is 81.5 cm³/mol. The molecule has 2 heterocycles. The minimum absolute atomic E-state index is 0.0997. The van der Waals surface area contributed by atoms with Crippen LogP contribution in [0.4, 0.5) is 5.69 Å². The van der Waals surface area contributed by atoms with Crippen LogP contribution in [0.1, 0.15) is 22.5 Å². The average molecular weight is 279 g/mol. The highest BCUT2D eigenvalue weighted by atomic mass is 16.5. The van der Waals surface area contributed by atoms with Crippen molar-refractivity contribution < 1.29 is 4.74 Å². The van der Waals surface area contributed by atoms with Crippen molar-refractivity contribution in [3.8, 4) is 11.8 Å². The number of nitriles is 1. The van der Waals surface area contributed by atoms with Crippen LogP contribution in [0.3, 0.4) is 0 Å². The van der Waals surface area contributed by atoms with Gasteiger partial charge in [-0.1, -0.05) is 18.2 Å². The Morgan fingerprint density at radius 2 is 2.19 bits per heavy atom. The summed E-state index contributed by atoms with van der Waals surface area (Å²) in [6, 6.07) is 12.2. The molecule has 0 radical (unpaired) electrons. The third-order valence-electron chi connectivity index (χ3n) is 3.67. The summed E-state index contributed by atoms with van der Waals surface area (Å²) >= 11 is 0. The number of ether oxygens (including phenoxy) is 1. The van der Waals surface area contributed by atoms with E-state index < -0.39 is 0 Å². The van der Waals surface area contributed by atoms with E-state index in [9.17, 15) is 5.26 Å². The Morgan fingerprint density at radius 1 is 1.38 bits per heavy atom. The first-order valence-corrected chi connectivity index (χ1v) is 7.04. The zero-order valence-electron chi connectivity index (χ0n) is 12.2. The number of aromatic nitrogens is 1. The lowest BCUT2D eigenvalue weighted by Crippen LogP contribution is -2.24. The summed E-state index contributed by atoms with van der Waals surface area (Å²) in [5.74, 6) is 0.965. The molecule has 106 valence electrons. The minimum Gasteiger partial charge on any atom is -0.488 e. The topological polar surface area (TPSA) is 57.9 Å². The third kappa shape index (κ3) is 2.68. The van der Waals surface area contributed by atoms with E-state index >= 15 is 0 Å². The highest BCUT2D eigenvalue weighted by Gasteiger charge is 2.22. The smallest absolute Gasteiger partial charge is 0.123 e. The maximum atomic E-state index is 9.26. The van der Waals surface area contributed by atoms with Crippen LogP contribution in [0.25, 0.3) is 0 Å². The van der Waals surface area contributed by atoms with E-state index in [-0.39, 0.29) is 6.10 Å². The van der Waals surface area contributed by atoms with Crippen molar-refractivity contribution in [2.45, 2.75) is 26.4 Å². The number of hydrogen-bond donors (Lipinski definition) is 1. The fourth-order valence-corrected chi connectivity index (χ4v) is 2.70. The van der Waals surface area contributed by atoms with Crippen molar-refractivity contribution in [3.05, 3.63) is 52.8 Å². The number of nitrogens with zero attached hydrogens (tertiary/aromatic N) is 2. The van der Waals surface area contributed by atoms with Gasteiger partial charge < -0.3 is 10.1 Å². The standard InChI is InChI=1S/C17H17N3O/c1-11-7-16(15(9-18)12(2)20-11)19-10-14-8-13-5-3-4-6-17(13)21-14/h3-7,14H,8,10H2,1-2H3,(H,19,20). The molecule has 0 bridgehead atoms. The van der Waals surface area contributed by atoms with E-state index in [2.05, 4.69) is 22.4 Å². The van der Waals surface area contributed by atoms with E-state index in [1.54, 1.807) is 0 Å². The van der Waals surface area contributed by atoms with Crippen molar-refractivity contribution in [1.82, 2.24) is 4.98 Å². The summed E-state index contributed by atoms with van der Waals surface area (Å²) in [5, 5.41) is 12.6. The number of fused-ring (bicyclic) bond motifs is 1. The monoisotopic (exact) mass is 279 g/mol. The Kier molecular flexibility index (Phi) is 3.49. The molecule has 1 N–H and O–H groups in total. The van der Waals surface area contributed by atoms with Crippen molar-refractivity contribution in [1.29, 1.82) is 5.26 Å². The first-order valence-electron chi connectivity index (χ1n) is 7.04. The lowest BCUT2D eigenvalue weighted by molar-refractivity contribution is 0.246. The van der Waals surface area contributed by atoms with Gasteiger partial charge in [0, 0.05) is 12.1 Å². The molecular formula is C17H17N3O. The lowest BCUT2D eigenvalue weighted by Gasteiger charge is -2.15. The molecule has 1 aromatic carbocycles. The largest absolute Gasteiger partial charge is 0.488 e. The third-order valence-corrected chi connectivity index (χ3v) is 3.67. The van der Waals surface area contributed by atoms with Crippen LogP contribution >= 0.6 is 0 Å². The van der Waals surface area contributed by atoms with E-state index in [1.807, 2.05) is 38.1 Å². The Labute approximate surface area is 124 Å². The van der Waals surface area contributed by atoms with Gasteiger partial charge in [0.15, 0.2) is 0 Å². The number of nitrogens with one attached hydrogen (secondary N) is 1. The van der Waals surface area contributed by atoms with Gasteiger partial charge in [-0.25, -0.2) is 0 Å². The fraction of sp³-hybridized carbons (Fsp3) is 0.294. The molecule has 0 amide bonds. The Balaban J connectivity index is 1.71. The number of benzene rings is 1. The molecule has 4 nitrogen and oxygen atoms in total. The Bertz CT molecular complexity index is 693. The molecule has 1 aromatic heterocycles. The second-order valence-corrected chi connectivity index (χ2v) is 5.32. The summed E-state index contributed by atoms with van der Waals surface area (Å²) in [7, 11) is 0. The Hall–Kier alpha value is -2.54. The number of rotatable bonds is 3. The molecule has 4 heteroatoms. The van der Waals surface area contributed by atoms with E-state index in [0.717, 1.165) is 29.2 Å². The van der Waals surface area contributed by atoms with Crippen molar-refractivity contribution >= 4 is 5.69 Å². The molecule has 21 heavy (non-hydrogen) atoms. The van der Waals surface area contributed by atoms with Gasteiger partial charge in [-0.05, 0) is 31.5 Å². The highest BCUT2D eigenvalue weighted by molar-refractivity contribution is 5.60. The second kappa shape index (κ2) is 5.45. The van der Waals surface area contributed by atoms with Gasteiger partial charge in [0.1, 0.15) is 17.9 Å². The van der Waals surface area contributed by atoms with Gasteiger partial charge in [0.25, 0.3) is 0 Å². The van der Waals surface area contributed by atoms with Gasteiger partial charge >= 0.3 is 0 Å². The number of para-hydroxylation sites is 1. The maximum Gasteiger partial charge on any atom is 0.123 e. The zero-order chi connectivity index (χ0) is 14.8. The van der Waals surface area contributed by atoms with E-state index in [0.29, 0.717) is 12.1 Å². The molecule has 1 atom stereocenters. The van der Waals surface area contributed by atoms with Crippen LogP contribution in [-0.4, -0.2) is 17.6 Å². The first-order chi connectivity index (χ1) is 10.2. The summed E-state index contributed by atoms with van der Waals surface area (Å²) in [6.07, 6.45) is 0.997. The van der Waals surface area contributed by atoms with Crippen molar-refractivity contribution in [3.63, 3.8) is 0 Å². The molecular weight excluding hydrogens is 262 g/mol. The molecule has 2 aromatic rings. The number of aryl methyl sites for hydroxylation is 2. The van der Waals surface area contributed by atoms with Gasteiger partial charge in [-0.2, -0.15) is 5.26 Å². The van der Waals surface area contributed by atoms with Gasteiger partial charge in [-0.3, -0.25) is 4.98 Å². The molecule has 1 unspecified atom stereocenters. The fourth-order valence-electron chi connectivity index (χ4n) is 2.70. The number of hydrogen-bond acceptors (Lipinski definition) is 4. The minimum atomic E-state index is 0.0997. The van der Waals surface area contributed by atoms with Crippen molar-refractivity contribution in [2.75, 3.05) is 11.9 Å². The quantitative estimate of drug-likeness (QED) is 0.938. The lowest BCUT2D eigenvalue weighted by atomic mass is 10.1. The maximum absolute atomic E-state index is 9.26. The zero-order valence-corrected chi connectivity index (χ0v) is 12.2. The van der Waals surface area contributed by atoms with Crippen molar-refractivity contribution in [2.24, 2.45) is 0 Å². The van der Waals surface area contributed by atoms with Crippen LogP contribution < -0.4 is 10.1 Å². The highest BCUT2D eigenvalue weighted by Crippen LogP contribution is 2.28. The molecule has 3 rings (SSSR count). The normalized spacial score (nSPS) is 16.0. The van der Waals surface area contributed by atoms with Gasteiger partial charge in [0.05, 0.1) is 23.5 Å². The first kappa shape index (κ1) is 13.4. The van der Waals surface area contributed by atoms with Crippen LogP contribution in [0.5, 0.6) is 5.75 Å². The molecule has 0 aliphatic carbocycles. The summed E-state index contributed by atoms with van der Waals surface area (Å²) < 4.78 is 5.90. The molecule has 0 saturated carbocycles. The van der Waals surface area contributed by atoms with Gasteiger partial charge in [0.2, 0.25) is 0 Å². The molecule has 1 aliphatic heterocycles. The van der Waals surface area contributed by atoms with E-state index in [4.69, 9.17) is 4.74 Å². The number of anilines is 1. The average Bonchev–Trinajstić information content (AvgIpc) is 2.87. The number of pyridine rings is 1. The van der Waals surface area contributed by atoms with Gasteiger partial charge in [-0.15, -0.1) is 0 Å². The van der Waals surface area contributed by atoms with Crippen LogP contribution in [0.15, 0.2) is 30.3 Å². The summed E-state index contributed by atoms with van der Waals surface area (Å²) in [4.78, 5) is 4.32. The van der Waals surface area contributed by atoms with Crippen LogP contribution in [0.2, 0.25) is 0 Å². The Morgan fingerprint density at radius 3 is 2.95 bits per heavy atom. The molecule has 1 aliphatic rings. The summed E-state index contributed by atoms with van der Waals surface area (Å²) in [6.45, 7) is 4.46. The van der Waals surface area contributed by atoms with Crippen LogP contribution in [-0.2, 0) is 6.42 Å².